The van der Waals surface area contributed by atoms with Crippen molar-refractivity contribution in [2.45, 2.75) is 104 Å². The molecule has 3 aromatic carbocycles. The number of hydrogen-bond acceptors (Lipinski definition) is 5. The second-order valence-electron chi connectivity index (χ2n) is 12.5. The lowest BCUT2D eigenvalue weighted by Crippen LogP contribution is -2.36. The smallest absolute Gasteiger partial charge is 0.308 e. The van der Waals surface area contributed by atoms with Crippen LogP contribution in [0.5, 0.6) is 5.75 Å². The molecule has 0 spiro atoms. The molecule has 0 bridgehead atoms. The standard InChI is InChI=1S/C35H43NO4/c1-22(2)31-32(24(4)29-17-27(37)18-30(38)39-29)34-28(19-35(5,6)40-34)23(3)33(31)36(20-25-13-9-7-10-14-25)21-26-15-11-8-12-16-26/h7-16,22,24,27,29,37H,17-21H2,1-6H3/t24?,27-,29+/m1/s1. The third kappa shape index (κ3) is 5.76. The van der Waals surface area contributed by atoms with Crippen LogP contribution in [-0.4, -0.2) is 28.9 Å². The van der Waals surface area contributed by atoms with Crippen molar-refractivity contribution in [1.29, 1.82) is 0 Å². The van der Waals surface area contributed by atoms with Crippen molar-refractivity contribution in [1.82, 2.24) is 0 Å². The largest absolute Gasteiger partial charge is 0.487 e. The van der Waals surface area contributed by atoms with E-state index in [0.29, 0.717) is 6.42 Å². The van der Waals surface area contributed by atoms with E-state index in [1.54, 1.807) is 0 Å². The zero-order valence-electron chi connectivity index (χ0n) is 24.7. The van der Waals surface area contributed by atoms with E-state index in [2.05, 4.69) is 107 Å². The molecule has 0 aliphatic carbocycles. The molecule has 3 aromatic rings. The zero-order valence-corrected chi connectivity index (χ0v) is 24.7. The normalized spacial score (nSPS) is 20.6. The number of esters is 1. The number of ether oxygens (including phenoxy) is 2. The highest BCUT2D eigenvalue weighted by Crippen LogP contribution is 2.52. The Balaban J connectivity index is 1.72. The fourth-order valence-corrected chi connectivity index (χ4v) is 6.56. The first-order chi connectivity index (χ1) is 19.0. The summed E-state index contributed by atoms with van der Waals surface area (Å²) in [5, 5.41) is 10.5. The van der Waals surface area contributed by atoms with Crippen LogP contribution in [0.2, 0.25) is 0 Å². The van der Waals surface area contributed by atoms with Crippen molar-refractivity contribution in [2.75, 3.05) is 4.90 Å². The first-order valence-corrected chi connectivity index (χ1v) is 14.6. The van der Waals surface area contributed by atoms with Crippen LogP contribution in [0.15, 0.2) is 60.7 Å². The van der Waals surface area contributed by atoms with Gasteiger partial charge in [-0.25, -0.2) is 0 Å². The maximum atomic E-state index is 12.4. The van der Waals surface area contributed by atoms with Crippen LogP contribution in [0.1, 0.15) is 92.7 Å². The van der Waals surface area contributed by atoms with Gasteiger partial charge in [0.25, 0.3) is 0 Å². The van der Waals surface area contributed by atoms with E-state index in [1.165, 1.54) is 33.5 Å². The van der Waals surface area contributed by atoms with Gasteiger partial charge in [0.1, 0.15) is 17.5 Å². The van der Waals surface area contributed by atoms with Crippen LogP contribution >= 0.6 is 0 Å². The van der Waals surface area contributed by atoms with Gasteiger partial charge in [-0.2, -0.15) is 0 Å². The molecule has 1 N–H and O–H groups in total. The van der Waals surface area contributed by atoms with E-state index in [4.69, 9.17) is 9.47 Å². The molecule has 0 radical (unpaired) electrons. The van der Waals surface area contributed by atoms with E-state index in [1.807, 2.05) is 0 Å². The van der Waals surface area contributed by atoms with E-state index < -0.39 is 12.2 Å². The zero-order chi connectivity index (χ0) is 28.6. The molecular formula is C35H43NO4. The van der Waals surface area contributed by atoms with Gasteiger partial charge in [0.05, 0.1) is 12.5 Å². The first kappa shape index (κ1) is 28.2. The number of carbonyl (C=O) groups excluding carboxylic acids is 1. The number of anilines is 1. The fourth-order valence-electron chi connectivity index (χ4n) is 6.56. The second-order valence-corrected chi connectivity index (χ2v) is 12.5. The number of carbonyl (C=O) groups is 1. The predicted octanol–water partition coefficient (Wildman–Crippen LogP) is 7.21. The van der Waals surface area contributed by atoms with Crippen LogP contribution in [-0.2, 0) is 29.0 Å². The third-order valence-corrected chi connectivity index (χ3v) is 8.38. The molecule has 0 amide bonds. The topological polar surface area (TPSA) is 59.0 Å². The minimum atomic E-state index is -0.681. The molecule has 5 rings (SSSR count). The molecule has 0 saturated carbocycles. The summed E-state index contributed by atoms with van der Waals surface area (Å²) in [6, 6.07) is 21.3. The maximum absolute atomic E-state index is 12.4. The molecule has 2 aliphatic rings. The molecule has 2 heterocycles. The number of aliphatic hydroxyl groups is 1. The Morgan fingerprint density at radius 1 is 0.950 bits per heavy atom. The Labute approximate surface area is 239 Å². The summed E-state index contributed by atoms with van der Waals surface area (Å²) in [6.07, 6.45) is 0.222. The van der Waals surface area contributed by atoms with Crippen molar-refractivity contribution in [3.05, 3.63) is 94.0 Å². The highest BCUT2D eigenvalue weighted by atomic mass is 16.5. The number of rotatable bonds is 8. The summed E-state index contributed by atoms with van der Waals surface area (Å²) < 4.78 is 12.6. The third-order valence-electron chi connectivity index (χ3n) is 8.38. The number of benzene rings is 3. The van der Waals surface area contributed by atoms with Gasteiger partial charge in [-0.05, 0) is 48.9 Å². The monoisotopic (exact) mass is 541 g/mol. The van der Waals surface area contributed by atoms with Crippen molar-refractivity contribution in [3.63, 3.8) is 0 Å². The van der Waals surface area contributed by atoms with Gasteiger partial charge in [0.15, 0.2) is 0 Å². The summed E-state index contributed by atoms with van der Waals surface area (Å²) in [5.74, 6) is 0.676. The lowest BCUT2D eigenvalue weighted by molar-refractivity contribution is -0.161. The van der Waals surface area contributed by atoms with E-state index >= 15 is 0 Å². The minimum absolute atomic E-state index is 0.0585. The average Bonchev–Trinajstić information content (AvgIpc) is 3.23. The molecule has 5 heteroatoms. The number of cyclic esters (lactones) is 1. The van der Waals surface area contributed by atoms with Crippen molar-refractivity contribution in [3.8, 4) is 5.75 Å². The van der Waals surface area contributed by atoms with Gasteiger partial charge in [-0.1, -0.05) is 81.4 Å². The predicted molar refractivity (Wildman–Crippen MR) is 160 cm³/mol. The Hall–Kier alpha value is -3.31. The molecule has 212 valence electrons. The molecule has 1 saturated heterocycles. The molecule has 1 fully saturated rings. The second kappa shape index (κ2) is 11.3. The Kier molecular flexibility index (Phi) is 7.96. The van der Waals surface area contributed by atoms with Crippen LogP contribution in [0, 0.1) is 6.92 Å². The minimum Gasteiger partial charge on any atom is -0.487 e. The molecule has 5 nitrogen and oxygen atoms in total. The van der Waals surface area contributed by atoms with Crippen molar-refractivity contribution in [2.24, 2.45) is 0 Å². The SMILES string of the molecule is Cc1c2c(c(C(C)[C@@H]3C[C@@H](O)CC(=O)O3)c(C(C)C)c1N(Cc1ccccc1)Cc1ccccc1)OC(C)(C)C2. The van der Waals surface area contributed by atoms with Gasteiger partial charge in [0, 0.05) is 48.7 Å². The summed E-state index contributed by atoms with van der Waals surface area (Å²) in [7, 11) is 0. The summed E-state index contributed by atoms with van der Waals surface area (Å²) in [5.41, 5.74) is 8.27. The summed E-state index contributed by atoms with van der Waals surface area (Å²) >= 11 is 0. The molecule has 2 aliphatic heterocycles. The quantitative estimate of drug-likeness (QED) is 0.305. The number of hydrogen-bond donors (Lipinski definition) is 1. The van der Waals surface area contributed by atoms with Crippen molar-refractivity contribution < 1.29 is 19.4 Å². The number of nitrogens with zero attached hydrogens (tertiary/aromatic N) is 1. The highest BCUT2D eigenvalue weighted by Gasteiger charge is 2.42. The Morgan fingerprint density at radius 3 is 2.05 bits per heavy atom. The summed E-state index contributed by atoms with van der Waals surface area (Å²) in [6.45, 7) is 14.7. The van der Waals surface area contributed by atoms with Gasteiger partial charge in [-0.15, -0.1) is 0 Å². The maximum Gasteiger partial charge on any atom is 0.308 e. The molecule has 40 heavy (non-hydrogen) atoms. The van der Waals surface area contributed by atoms with Gasteiger partial charge < -0.3 is 19.5 Å². The van der Waals surface area contributed by atoms with Gasteiger partial charge in [-0.3, -0.25) is 4.79 Å². The van der Waals surface area contributed by atoms with Gasteiger partial charge >= 0.3 is 5.97 Å². The lowest BCUT2D eigenvalue weighted by Gasteiger charge is -2.37. The van der Waals surface area contributed by atoms with E-state index in [-0.39, 0.29) is 29.8 Å². The molecule has 0 aromatic heterocycles. The van der Waals surface area contributed by atoms with Crippen LogP contribution in [0.25, 0.3) is 0 Å². The Morgan fingerprint density at radius 2 is 1.52 bits per heavy atom. The van der Waals surface area contributed by atoms with E-state index in [0.717, 1.165) is 30.8 Å². The lowest BCUT2D eigenvalue weighted by atomic mass is 9.79. The highest BCUT2D eigenvalue weighted by molar-refractivity contribution is 5.74. The van der Waals surface area contributed by atoms with Crippen molar-refractivity contribution >= 4 is 11.7 Å². The fraction of sp³-hybridized carbons (Fsp3) is 0.457. The van der Waals surface area contributed by atoms with Crippen LogP contribution in [0.4, 0.5) is 5.69 Å². The molecule has 3 atom stereocenters. The Bertz CT molecular complexity index is 1310. The van der Waals surface area contributed by atoms with Gasteiger partial charge in [0.2, 0.25) is 0 Å². The summed E-state index contributed by atoms with van der Waals surface area (Å²) in [4.78, 5) is 14.9. The van der Waals surface area contributed by atoms with Crippen LogP contribution in [0.3, 0.4) is 0 Å². The van der Waals surface area contributed by atoms with E-state index in [9.17, 15) is 9.90 Å². The first-order valence-electron chi connectivity index (χ1n) is 14.6. The number of aliphatic hydroxyl groups excluding tert-OH is 1. The molecular weight excluding hydrogens is 498 g/mol. The van der Waals surface area contributed by atoms with Crippen LogP contribution < -0.4 is 9.64 Å². The average molecular weight is 542 g/mol. The number of fused-ring (bicyclic) bond motifs is 1. The molecule has 1 unspecified atom stereocenters.